The van der Waals surface area contributed by atoms with E-state index in [1.165, 1.54) is 0 Å². The lowest BCUT2D eigenvalue weighted by Gasteiger charge is -2.06. The van der Waals surface area contributed by atoms with Crippen molar-refractivity contribution in [3.63, 3.8) is 0 Å². The summed E-state index contributed by atoms with van der Waals surface area (Å²) in [4.78, 5) is 8.84. The van der Waals surface area contributed by atoms with E-state index >= 15 is 0 Å². The Morgan fingerprint density at radius 1 is 0.850 bits per heavy atom. The number of aromatic nitrogens is 2. The summed E-state index contributed by atoms with van der Waals surface area (Å²) in [5.74, 6) is 0.654. The van der Waals surface area contributed by atoms with Crippen molar-refractivity contribution < 1.29 is 0 Å². The van der Waals surface area contributed by atoms with Crippen molar-refractivity contribution in [1.29, 1.82) is 0 Å². The van der Waals surface area contributed by atoms with Crippen molar-refractivity contribution in [2.24, 2.45) is 0 Å². The first-order valence-electron chi connectivity index (χ1n) is 6.18. The molecule has 0 radical (unpaired) electrons. The van der Waals surface area contributed by atoms with Crippen molar-refractivity contribution in [3.8, 4) is 22.6 Å². The van der Waals surface area contributed by atoms with Gasteiger partial charge in [-0.05, 0) is 12.1 Å². The Bertz CT molecular complexity index is 724. The Labute approximate surface area is 122 Å². The van der Waals surface area contributed by atoms with Crippen LogP contribution in [0.5, 0.6) is 0 Å². The fourth-order valence-corrected chi connectivity index (χ4v) is 2.14. The van der Waals surface area contributed by atoms with Crippen LogP contribution in [0.15, 0.2) is 60.8 Å². The molecule has 0 amide bonds. The van der Waals surface area contributed by atoms with E-state index in [-0.39, 0.29) is 0 Å². The normalized spacial score (nSPS) is 10.4. The summed E-state index contributed by atoms with van der Waals surface area (Å²) in [6.07, 6.45) is 1.63. The fraction of sp³-hybridized carbons (Fsp3) is 0. The average molecular weight is 282 g/mol. The molecule has 20 heavy (non-hydrogen) atoms. The Morgan fingerprint density at radius 2 is 1.55 bits per heavy atom. The fourth-order valence-electron chi connectivity index (χ4n) is 1.94. The van der Waals surface area contributed by atoms with Crippen molar-refractivity contribution in [1.82, 2.24) is 9.97 Å². The molecule has 0 atom stereocenters. The summed E-state index contributed by atoms with van der Waals surface area (Å²) in [6, 6.07) is 17.3. The number of halogens is 1. The Morgan fingerprint density at radius 3 is 2.25 bits per heavy atom. The van der Waals surface area contributed by atoms with Gasteiger partial charge in [0.05, 0.1) is 16.9 Å². The third kappa shape index (κ3) is 2.49. The maximum Gasteiger partial charge on any atom is 0.159 e. The van der Waals surface area contributed by atoms with Crippen LogP contribution in [0.2, 0.25) is 5.02 Å². The van der Waals surface area contributed by atoms with Crippen LogP contribution in [0.25, 0.3) is 22.6 Å². The Balaban J connectivity index is 2.10. The molecule has 2 aromatic carbocycles. The number of anilines is 1. The second-order valence-corrected chi connectivity index (χ2v) is 4.79. The van der Waals surface area contributed by atoms with E-state index in [9.17, 15) is 0 Å². The molecule has 0 spiro atoms. The van der Waals surface area contributed by atoms with Crippen molar-refractivity contribution in [2.75, 3.05) is 5.73 Å². The SMILES string of the molecule is Nc1ccc(-c2nc(-c3ccccc3)ncc2Cl)cc1. The molecule has 1 aromatic heterocycles. The van der Waals surface area contributed by atoms with Gasteiger partial charge >= 0.3 is 0 Å². The van der Waals surface area contributed by atoms with Crippen LogP contribution in [0.3, 0.4) is 0 Å². The number of benzene rings is 2. The summed E-state index contributed by atoms with van der Waals surface area (Å²) >= 11 is 6.20. The molecule has 3 nitrogen and oxygen atoms in total. The minimum atomic E-state index is 0.523. The van der Waals surface area contributed by atoms with Gasteiger partial charge in [-0.15, -0.1) is 0 Å². The third-order valence-corrected chi connectivity index (χ3v) is 3.24. The molecule has 0 aliphatic carbocycles. The number of hydrogen-bond donors (Lipinski definition) is 1. The minimum absolute atomic E-state index is 0.523. The van der Waals surface area contributed by atoms with Gasteiger partial charge in [0.25, 0.3) is 0 Å². The van der Waals surface area contributed by atoms with Crippen molar-refractivity contribution >= 4 is 17.3 Å². The van der Waals surface area contributed by atoms with E-state index in [1.807, 2.05) is 54.6 Å². The minimum Gasteiger partial charge on any atom is -0.399 e. The number of rotatable bonds is 2. The van der Waals surface area contributed by atoms with Crippen LogP contribution in [0, 0.1) is 0 Å². The van der Waals surface area contributed by atoms with Crippen LogP contribution in [0.1, 0.15) is 0 Å². The standard InChI is InChI=1S/C16H12ClN3/c17-14-10-19-16(12-4-2-1-3-5-12)20-15(14)11-6-8-13(18)9-7-11/h1-10H,18H2. The number of nitrogens with zero attached hydrogens (tertiary/aromatic N) is 2. The van der Waals surface area contributed by atoms with E-state index in [0.717, 1.165) is 11.1 Å². The molecule has 1 heterocycles. The molecule has 0 saturated heterocycles. The second-order valence-electron chi connectivity index (χ2n) is 4.38. The maximum atomic E-state index is 6.20. The molecule has 4 heteroatoms. The van der Waals surface area contributed by atoms with E-state index in [0.29, 0.717) is 22.2 Å². The van der Waals surface area contributed by atoms with Gasteiger partial charge in [0.1, 0.15) is 0 Å². The van der Waals surface area contributed by atoms with Gasteiger partial charge in [-0.1, -0.05) is 54.1 Å². The van der Waals surface area contributed by atoms with Gasteiger partial charge in [-0.25, -0.2) is 9.97 Å². The molecule has 0 bridgehead atoms. The monoisotopic (exact) mass is 281 g/mol. The zero-order chi connectivity index (χ0) is 13.9. The highest BCUT2D eigenvalue weighted by atomic mass is 35.5. The van der Waals surface area contributed by atoms with Gasteiger partial charge in [0.2, 0.25) is 0 Å². The first-order valence-corrected chi connectivity index (χ1v) is 6.56. The van der Waals surface area contributed by atoms with Crippen LogP contribution < -0.4 is 5.73 Å². The molecular weight excluding hydrogens is 270 g/mol. The lowest BCUT2D eigenvalue weighted by atomic mass is 10.1. The van der Waals surface area contributed by atoms with Gasteiger partial charge < -0.3 is 5.73 Å². The van der Waals surface area contributed by atoms with Crippen LogP contribution >= 0.6 is 11.6 Å². The van der Waals surface area contributed by atoms with Crippen LogP contribution in [-0.4, -0.2) is 9.97 Å². The summed E-state index contributed by atoms with van der Waals surface area (Å²) in [6.45, 7) is 0. The predicted octanol–water partition coefficient (Wildman–Crippen LogP) is 4.05. The van der Waals surface area contributed by atoms with Gasteiger partial charge in [-0.2, -0.15) is 0 Å². The highest BCUT2D eigenvalue weighted by molar-refractivity contribution is 6.32. The topological polar surface area (TPSA) is 51.8 Å². The van der Waals surface area contributed by atoms with Crippen molar-refractivity contribution in [3.05, 3.63) is 65.8 Å². The zero-order valence-corrected chi connectivity index (χ0v) is 11.4. The molecule has 3 aromatic rings. The zero-order valence-electron chi connectivity index (χ0n) is 10.6. The maximum absolute atomic E-state index is 6.20. The molecule has 98 valence electrons. The molecule has 0 saturated carbocycles. The Hall–Kier alpha value is -2.39. The summed E-state index contributed by atoms with van der Waals surface area (Å²) < 4.78 is 0. The molecule has 0 unspecified atom stereocenters. The molecule has 3 rings (SSSR count). The van der Waals surface area contributed by atoms with E-state index in [1.54, 1.807) is 6.20 Å². The molecule has 0 aliphatic heterocycles. The molecular formula is C16H12ClN3. The largest absolute Gasteiger partial charge is 0.399 e. The van der Waals surface area contributed by atoms with E-state index < -0.39 is 0 Å². The average Bonchev–Trinajstić information content (AvgIpc) is 2.50. The number of nitrogen functional groups attached to an aromatic ring is 1. The summed E-state index contributed by atoms with van der Waals surface area (Å²) in [5, 5.41) is 0.523. The lowest BCUT2D eigenvalue weighted by Crippen LogP contribution is -1.93. The Kier molecular flexibility index (Phi) is 3.35. The molecule has 2 N–H and O–H groups in total. The van der Waals surface area contributed by atoms with Crippen LogP contribution in [-0.2, 0) is 0 Å². The van der Waals surface area contributed by atoms with E-state index in [2.05, 4.69) is 9.97 Å². The van der Waals surface area contributed by atoms with E-state index in [4.69, 9.17) is 17.3 Å². The van der Waals surface area contributed by atoms with Gasteiger partial charge in [0, 0.05) is 16.8 Å². The second kappa shape index (κ2) is 5.31. The molecule has 0 aliphatic rings. The molecule has 0 fully saturated rings. The first-order chi connectivity index (χ1) is 9.74. The highest BCUT2D eigenvalue weighted by Crippen LogP contribution is 2.28. The van der Waals surface area contributed by atoms with Crippen molar-refractivity contribution in [2.45, 2.75) is 0 Å². The smallest absolute Gasteiger partial charge is 0.159 e. The lowest BCUT2D eigenvalue weighted by molar-refractivity contribution is 1.18. The van der Waals surface area contributed by atoms with Crippen LogP contribution in [0.4, 0.5) is 5.69 Å². The quantitative estimate of drug-likeness (QED) is 0.721. The highest BCUT2D eigenvalue weighted by Gasteiger charge is 2.09. The summed E-state index contributed by atoms with van der Waals surface area (Å²) in [5.41, 5.74) is 9.00. The third-order valence-electron chi connectivity index (χ3n) is 2.96. The number of hydrogen-bond acceptors (Lipinski definition) is 3. The number of nitrogens with two attached hydrogens (primary N) is 1. The van der Waals surface area contributed by atoms with Gasteiger partial charge in [-0.3, -0.25) is 0 Å². The summed E-state index contributed by atoms with van der Waals surface area (Å²) in [7, 11) is 0. The predicted molar refractivity (Wildman–Crippen MR) is 82.3 cm³/mol. The first kappa shape index (κ1) is 12.6. The van der Waals surface area contributed by atoms with Gasteiger partial charge in [0.15, 0.2) is 5.82 Å².